The lowest BCUT2D eigenvalue weighted by Crippen LogP contribution is -2.03. The van der Waals surface area contributed by atoms with Gasteiger partial charge in [0.25, 0.3) is 0 Å². The zero-order valence-corrected chi connectivity index (χ0v) is 15.6. The lowest BCUT2D eigenvalue weighted by Gasteiger charge is -2.09. The van der Waals surface area contributed by atoms with Crippen LogP contribution in [0.4, 0.5) is 0 Å². The normalized spacial score (nSPS) is 11.0. The molecule has 0 saturated carbocycles. The van der Waals surface area contributed by atoms with Crippen molar-refractivity contribution in [2.45, 2.75) is 77.8 Å². The first kappa shape index (κ1) is 18.2. The molecule has 0 fully saturated rings. The molecule has 0 radical (unpaired) electrons. The van der Waals surface area contributed by atoms with Crippen molar-refractivity contribution >= 4 is 14.0 Å². The molecule has 1 heteroatoms. The summed E-state index contributed by atoms with van der Waals surface area (Å²) >= 11 is 0. The molecule has 0 atom stereocenters. The minimum atomic E-state index is -0.746. The highest BCUT2D eigenvalue weighted by Crippen LogP contribution is 2.17. The predicted octanol–water partition coefficient (Wildman–Crippen LogP) is 6.41. The molecule has 1 aromatic carbocycles. The average molecular weight is 303 g/mol. The van der Waals surface area contributed by atoms with Gasteiger partial charge in [-0.15, -0.1) is 0 Å². The van der Waals surface area contributed by atoms with E-state index >= 15 is 0 Å². The lowest BCUT2D eigenvalue weighted by atomic mass is 10.0. The van der Waals surface area contributed by atoms with Gasteiger partial charge in [0.15, 0.2) is 0 Å². The molecular weight excluding hydrogens is 268 g/mol. The van der Waals surface area contributed by atoms with Crippen LogP contribution in [-0.4, -0.2) is 8.80 Å². The van der Waals surface area contributed by atoms with E-state index in [1.807, 2.05) is 0 Å². The molecule has 1 rings (SSSR count). The standard InChI is InChI=1S/C20H34Si/c1-5-6-7-8-9-10-11-12-13-19-14-16-20(17-15-19)18(2)21(3)4/h14-17,21H,2,5-13H2,1,3-4H3. The number of hydrogen-bond acceptors (Lipinski definition) is 0. The van der Waals surface area contributed by atoms with Crippen molar-refractivity contribution < 1.29 is 0 Å². The van der Waals surface area contributed by atoms with Crippen LogP contribution >= 0.6 is 0 Å². The third-order valence-electron chi connectivity index (χ3n) is 4.34. The van der Waals surface area contributed by atoms with Crippen LogP contribution in [0.2, 0.25) is 13.1 Å². The van der Waals surface area contributed by atoms with E-state index in [-0.39, 0.29) is 0 Å². The molecule has 0 heterocycles. The number of unbranched alkanes of at least 4 members (excludes halogenated alkanes) is 7. The molecule has 0 saturated heterocycles. The average Bonchev–Trinajstić information content (AvgIpc) is 2.49. The summed E-state index contributed by atoms with van der Waals surface area (Å²) in [7, 11) is -0.746. The molecular formula is C20H34Si. The highest BCUT2D eigenvalue weighted by Gasteiger charge is 2.04. The van der Waals surface area contributed by atoms with Crippen LogP contribution in [0.1, 0.15) is 69.4 Å². The van der Waals surface area contributed by atoms with Crippen LogP contribution in [0, 0.1) is 0 Å². The van der Waals surface area contributed by atoms with Crippen LogP contribution in [0.25, 0.3) is 5.20 Å². The molecule has 0 aliphatic carbocycles. The van der Waals surface area contributed by atoms with E-state index in [0.717, 1.165) is 0 Å². The van der Waals surface area contributed by atoms with Gasteiger partial charge in [-0.05, 0) is 24.0 Å². The molecule has 21 heavy (non-hydrogen) atoms. The largest absolute Gasteiger partial charge is 0.0996 e. The van der Waals surface area contributed by atoms with Gasteiger partial charge in [0.2, 0.25) is 0 Å². The molecule has 0 spiro atoms. The second kappa shape index (κ2) is 10.8. The number of aryl methyl sites for hydroxylation is 1. The van der Waals surface area contributed by atoms with Crippen molar-refractivity contribution in [2.24, 2.45) is 0 Å². The molecule has 0 amide bonds. The van der Waals surface area contributed by atoms with Crippen molar-refractivity contribution in [3.8, 4) is 0 Å². The van der Waals surface area contributed by atoms with E-state index in [9.17, 15) is 0 Å². The molecule has 0 aromatic heterocycles. The summed E-state index contributed by atoms with van der Waals surface area (Å²) in [6, 6.07) is 9.15. The van der Waals surface area contributed by atoms with Crippen molar-refractivity contribution in [1.82, 2.24) is 0 Å². The maximum Gasteiger partial charge on any atom is 0.0647 e. The Morgan fingerprint density at radius 3 is 1.90 bits per heavy atom. The Morgan fingerprint density at radius 2 is 1.38 bits per heavy atom. The van der Waals surface area contributed by atoms with Crippen molar-refractivity contribution in [2.75, 3.05) is 0 Å². The van der Waals surface area contributed by atoms with Crippen molar-refractivity contribution in [1.29, 1.82) is 0 Å². The Balaban J connectivity index is 2.17. The summed E-state index contributed by atoms with van der Waals surface area (Å²) in [5.41, 5.74) is 2.85. The zero-order valence-electron chi connectivity index (χ0n) is 14.5. The van der Waals surface area contributed by atoms with Gasteiger partial charge in [0.1, 0.15) is 0 Å². The minimum Gasteiger partial charge on any atom is -0.0996 e. The summed E-state index contributed by atoms with van der Waals surface area (Å²) in [5.74, 6) is 0. The molecule has 0 aliphatic heterocycles. The van der Waals surface area contributed by atoms with Crippen LogP contribution in [-0.2, 0) is 6.42 Å². The summed E-state index contributed by atoms with van der Waals surface area (Å²) in [4.78, 5) is 0. The van der Waals surface area contributed by atoms with Gasteiger partial charge in [-0.2, -0.15) is 0 Å². The maximum absolute atomic E-state index is 4.23. The first-order valence-corrected chi connectivity index (χ1v) is 11.8. The fourth-order valence-electron chi connectivity index (χ4n) is 2.68. The summed E-state index contributed by atoms with van der Waals surface area (Å²) in [6.45, 7) is 11.2. The van der Waals surface area contributed by atoms with Gasteiger partial charge in [0.05, 0.1) is 8.80 Å². The predicted molar refractivity (Wildman–Crippen MR) is 101 cm³/mol. The molecule has 1 aromatic rings. The fraction of sp³-hybridized carbons (Fsp3) is 0.600. The van der Waals surface area contributed by atoms with Crippen molar-refractivity contribution in [3.63, 3.8) is 0 Å². The Hall–Kier alpha value is -0.823. The van der Waals surface area contributed by atoms with Crippen LogP contribution < -0.4 is 0 Å². The van der Waals surface area contributed by atoms with Gasteiger partial charge >= 0.3 is 0 Å². The molecule has 118 valence electrons. The monoisotopic (exact) mass is 302 g/mol. The quantitative estimate of drug-likeness (QED) is 0.327. The molecule has 0 unspecified atom stereocenters. The Kier molecular flexibility index (Phi) is 9.41. The number of benzene rings is 1. The van der Waals surface area contributed by atoms with Gasteiger partial charge in [0, 0.05) is 0 Å². The first-order chi connectivity index (χ1) is 10.1. The van der Waals surface area contributed by atoms with Crippen LogP contribution in [0.3, 0.4) is 0 Å². The second-order valence-corrected chi connectivity index (χ2v) is 9.61. The highest BCUT2D eigenvalue weighted by atomic mass is 28.3. The van der Waals surface area contributed by atoms with Gasteiger partial charge < -0.3 is 0 Å². The molecule has 0 bridgehead atoms. The van der Waals surface area contributed by atoms with E-state index in [2.05, 4.69) is 50.9 Å². The molecule has 0 aliphatic rings. The molecule has 0 nitrogen and oxygen atoms in total. The Labute approximate surface area is 134 Å². The third kappa shape index (κ3) is 7.66. The summed E-state index contributed by atoms with van der Waals surface area (Å²) in [6.07, 6.45) is 12.4. The van der Waals surface area contributed by atoms with E-state index in [1.54, 1.807) is 0 Å². The zero-order chi connectivity index (χ0) is 15.5. The van der Waals surface area contributed by atoms with Gasteiger partial charge in [-0.25, -0.2) is 0 Å². The highest BCUT2D eigenvalue weighted by molar-refractivity contribution is 6.76. The Morgan fingerprint density at radius 1 is 0.857 bits per heavy atom. The van der Waals surface area contributed by atoms with E-state index in [4.69, 9.17) is 0 Å². The summed E-state index contributed by atoms with van der Waals surface area (Å²) < 4.78 is 0. The van der Waals surface area contributed by atoms with Gasteiger partial charge in [-0.3, -0.25) is 0 Å². The van der Waals surface area contributed by atoms with Crippen LogP contribution in [0.5, 0.6) is 0 Å². The third-order valence-corrected chi connectivity index (χ3v) is 6.07. The topological polar surface area (TPSA) is 0 Å². The number of rotatable bonds is 11. The molecule has 0 N–H and O–H groups in total. The van der Waals surface area contributed by atoms with Gasteiger partial charge in [-0.1, -0.05) is 101 Å². The summed E-state index contributed by atoms with van der Waals surface area (Å²) in [5, 5.41) is 1.38. The number of hydrogen-bond donors (Lipinski definition) is 0. The van der Waals surface area contributed by atoms with Crippen LogP contribution in [0.15, 0.2) is 30.8 Å². The van der Waals surface area contributed by atoms with E-state index in [1.165, 1.54) is 74.1 Å². The smallest absolute Gasteiger partial charge is 0.0647 e. The lowest BCUT2D eigenvalue weighted by molar-refractivity contribution is 0.575. The Bertz CT molecular complexity index is 389. The SMILES string of the molecule is C=C(c1ccc(CCCCCCCCCC)cc1)[SiH](C)C. The minimum absolute atomic E-state index is 0.746. The maximum atomic E-state index is 4.23. The van der Waals surface area contributed by atoms with E-state index < -0.39 is 8.80 Å². The van der Waals surface area contributed by atoms with Crippen molar-refractivity contribution in [3.05, 3.63) is 42.0 Å². The first-order valence-electron chi connectivity index (χ1n) is 8.93. The second-order valence-electron chi connectivity index (χ2n) is 6.60. The van der Waals surface area contributed by atoms with E-state index in [0.29, 0.717) is 0 Å². The fourth-order valence-corrected chi connectivity index (χ4v) is 3.54.